The third kappa shape index (κ3) is 4.76. The van der Waals surface area contributed by atoms with E-state index in [9.17, 15) is 16.8 Å². The van der Waals surface area contributed by atoms with Crippen LogP contribution in [0.25, 0.3) is 0 Å². The molecule has 1 fully saturated rings. The predicted molar refractivity (Wildman–Crippen MR) is 86.8 cm³/mol. The van der Waals surface area contributed by atoms with Crippen molar-refractivity contribution in [3.05, 3.63) is 23.2 Å². The van der Waals surface area contributed by atoms with Gasteiger partial charge in [0, 0.05) is 5.02 Å². The van der Waals surface area contributed by atoms with Crippen molar-refractivity contribution in [3.8, 4) is 5.75 Å². The molecule has 0 spiro atoms. The van der Waals surface area contributed by atoms with Gasteiger partial charge in [0.2, 0.25) is 10.0 Å². The Morgan fingerprint density at radius 3 is 2.55 bits per heavy atom. The Labute approximate surface area is 135 Å². The van der Waals surface area contributed by atoms with Gasteiger partial charge in [0.15, 0.2) is 0 Å². The molecule has 1 aliphatic heterocycles. The van der Waals surface area contributed by atoms with Gasteiger partial charge < -0.3 is 4.74 Å². The Bertz CT molecular complexity index is 732. The molecule has 9 heteroatoms. The van der Waals surface area contributed by atoms with E-state index < -0.39 is 19.9 Å². The fraction of sp³-hybridized carbons (Fsp3) is 0.538. The van der Waals surface area contributed by atoms with Gasteiger partial charge in [0.05, 0.1) is 30.1 Å². The summed E-state index contributed by atoms with van der Waals surface area (Å²) < 4.78 is 54.8. The van der Waals surface area contributed by atoms with Crippen molar-refractivity contribution in [1.82, 2.24) is 0 Å². The molecule has 1 saturated heterocycles. The Hall–Kier alpha value is -0.990. The standard InChI is InChI=1S/C13H18ClNO5S2/c1-20-13-3-2-11(14)8-12(13)15-22(18,19)9-10-4-6-21(16,17)7-5-10/h2-3,8,10,15H,4-7,9H2,1H3. The van der Waals surface area contributed by atoms with E-state index >= 15 is 0 Å². The zero-order valence-electron chi connectivity index (χ0n) is 12.1. The zero-order chi connectivity index (χ0) is 16.4. The number of sulfonamides is 1. The number of benzene rings is 1. The lowest BCUT2D eigenvalue weighted by Gasteiger charge is -2.22. The summed E-state index contributed by atoms with van der Waals surface area (Å²) in [5.41, 5.74) is 0.276. The highest BCUT2D eigenvalue weighted by molar-refractivity contribution is 7.92. The number of halogens is 1. The van der Waals surface area contributed by atoms with E-state index in [1.165, 1.54) is 13.2 Å². The number of hydrogen-bond donors (Lipinski definition) is 1. The molecule has 0 unspecified atom stereocenters. The lowest BCUT2D eigenvalue weighted by molar-refractivity contribution is 0.417. The Morgan fingerprint density at radius 1 is 1.32 bits per heavy atom. The SMILES string of the molecule is COc1ccc(Cl)cc1NS(=O)(=O)CC1CCS(=O)(=O)CC1. The fourth-order valence-corrected chi connectivity index (χ4v) is 5.68. The number of methoxy groups -OCH3 is 1. The second kappa shape index (κ2) is 6.64. The van der Waals surface area contributed by atoms with Crippen LogP contribution in [0.5, 0.6) is 5.75 Å². The molecule has 0 aromatic heterocycles. The topological polar surface area (TPSA) is 89.5 Å². The molecule has 6 nitrogen and oxygen atoms in total. The van der Waals surface area contributed by atoms with Gasteiger partial charge in [-0.25, -0.2) is 16.8 Å². The van der Waals surface area contributed by atoms with Gasteiger partial charge in [0.25, 0.3) is 0 Å². The predicted octanol–water partition coefficient (Wildman–Crippen LogP) is 1.92. The van der Waals surface area contributed by atoms with E-state index in [4.69, 9.17) is 16.3 Å². The summed E-state index contributed by atoms with van der Waals surface area (Å²) in [4.78, 5) is 0. The van der Waals surface area contributed by atoms with Crippen LogP contribution in [-0.2, 0) is 19.9 Å². The minimum Gasteiger partial charge on any atom is -0.495 e. The highest BCUT2D eigenvalue weighted by atomic mass is 35.5. The zero-order valence-corrected chi connectivity index (χ0v) is 14.5. The molecule has 0 bridgehead atoms. The Kier molecular flexibility index (Phi) is 5.24. The molecule has 2 rings (SSSR count). The van der Waals surface area contributed by atoms with Gasteiger partial charge in [0.1, 0.15) is 15.6 Å². The van der Waals surface area contributed by atoms with E-state index in [-0.39, 0.29) is 28.9 Å². The van der Waals surface area contributed by atoms with E-state index in [2.05, 4.69) is 4.72 Å². The molecule has 0 saturated carbocycles. The lowest BCUT2D eigenvalue weighted by atomic mass is 10.1. The minimum atomic E-state index is -3.60. The molecular weight excluding hydrogens is 350 g/mol. The van der Waals surface area contributed by atoms with Crippen molar-refractivity contribution < 1.29 is 21.6 Å². The molecule has 1 aromatic carbocycles. The summed E-state index contributed by atoms with van der Waals surface area (Å²) in [6.07, 6.45) is 0.742. The molecular formula is C13H18ClNO5S2. The number of nitrogens with one attached hydrogen (secondary N) is 1. The summed E-state index contributed by atoms with van der Waals surface area (Å²) in [5, 5.41) is 0.391. The summed E-state index contributed by atoms with van der Waals surface area (Å²) >= 11 is 5.87. The van der Waals surface area contributed by atoms with Crippen molar-refractivity contribution in [1.29, 1.82) is 0 Å². The van der Waals surface area contributed by atoms with Crippen molar-refractivity contribution in [2.75, 3.05) is 29.1 Å². The first-order valence-electron chi connectivity index (χ1n) is 6.75. The molecule has 1 N–H and O–H groups in total. The quantitative estimate of drug-likeness (QED) is 0.858. The fourth-order valence-electron chi connectivity index (χ4n) is 2.38. The molecule has 0 atom stereocenters. The third-order valence-corrected chi connectivity index (χ3v) is 6.95. The van der Waals surface area contributed by atoms with Crippen LogP contribution in [0.15, 0.2) is 18.2 Å². The van der Waals surface area contributed by atoms with E-state index in [0.717, 1.165) is 0 Å². The van der Waals surface area contributed by atoms with Crippen LogP contribution in [0.3, 0.4) is 0 Å². The van der Waals surface area contributed by atoms with Crippen LogP contribution in [-0.4, -0.2) is 41.2 Å². The normalized spacial score (nSPS) is 18.8. The smallest absolute Gasteiger partial charge is 0.233 e. The van der Waals surface area contributed by atoms with Gasteiger partial charge >= 0.3 is 0 Å². The second-order valence-corrected chi connectivity index (χ2v) is 9.83. The van der Waals surface area contributed by atoms with E-state index in [1.807, 2.05) is 0 Å². The molecule has 0 radical (unpaired) electrons. The van der Waals surface area contributed by atoms with Crippen LogP contribution >= 0.6 is 11.6 Å². The first-order chi connectivity index (χ1) is 10.2. The van der Waals surface area contributed by atoms with Crippen molar-refractivity contribution in [2.24, 2.45) is 5.92 Å². The molecule has 0 aliphatic carbocycles. The molecule has 1 heterocycles. The number of rotatable bonds is 5. The van der Waals surface area contributed by atoms with E-state index in [1.54, 1.807) is 12.1 Å². The van der Waals surface area contributed by atoms with Crippen LogP contribution in [0.2, 0.25) is 5.02 Å². The number of ether oxygens (including phenoxy) is 1. The Balaban J connectivity index is 2.07. The first kappa shape index (κ1) is 17.4. The first-order valence-corrected chi connectivity index (χ1v) is 10.6. The number of hydrogen-bond acceptors (Lipinski definition) is 5. The molecule has 1 aromatic rings. The Morgan fingerprint density at radius 2 is 1.95 bits per heavy atom. The largest absolute Gasteiger partial charge is 0.495 e. The second-order valence-electron chi connectivity index (χ2n) is 5.32. The number of sulfone groups is 1. The highest BCUT2D eigenvalue weighted by Crippen LogP contribution is 2.29. The maximum absolute atomic E-state index is 12.2. The average Bonchev–Trinajstić information content (AvgIpc) is 2.41. The van der Waals surface area contributed by atoms with Gasteiger partial charge in [-0.3, -0.25) is 4.72 Å². The van der Waals surface area contributed by atoms with Crippen LogP contribution in [0, 0.1) is 5.92 Å². The lowest BCUT2D eigenvalue weighted by Crippen LogP contribution is -2.30. The van der Waals surface area contributed by atoms with Crippen LogP contribution in [0.1, 0.15) is 12.8 Å². The summed E-state index contributed by atoms with van der Waals surface area (Å²) in [6.45, 7) is 0. The van der Waals surface area contributed by atoms with Gasteiger partial charge in [-0.1, -0.05) is 11.6 Å². The van der Waals surface area contributed by atoms with E-state index in [0.29, 0.717) is 23.6 Å². The van der Waals surface area contributed by atoms with Gasteiger partial charge in [-0.2, -0.15) is 0 Å². The molecule has 22 heavy (non-hydrogen) atoms. The third-order valence-electron chi connectivity index (χ3n) is 3.56. The molecule has 0 amide bonds. The van der Waals surface area contributed by atoms with Gasteiger partial charge in [-0.05, 0) is 37.0 Å². The summed E-state index contributed by atoms with van der Waals surface area (Å²) in [7, 11) is -5.17. The molecule has 1 aliphatic rings. The van der Waals surface area contributed by atoms with Crippen LogP contribution in [0.4, 0.5) is 5.69 Å². The maximum Gasteiger partial charge on any atom is 0.233 e. The van der Waals surface area contributed by atoms with Gasteiger partial charge in [-0.15, -0.1) is 0 Å². The molecule has 124 valence electrons. The highest BCUT2D eigenvalue weighted by Gasteiger charge is 2.28. The average molecular weight is 368 g/mol. The summed E-state index contributed by atoms with van der Waals surface area (Å²) in [5.74, 6) is 0.199. The van der Waals surface area contributed by atoms with Crippen LogP contribution < -0.4 is 9.46 Å². The van der Waals surface area contributed by atoms with Crippen molar-refractivity contribution >= 4 is 37.1 Å². The monoisotopic (exact) mass is 367 g/mol. The maximum atomic E-state index is 12.2. The van der Waals surface area contributed by atoms with Crippen molar-refractivity contribution in [3.63, 3.8) is 0 Å². The van der Waals surface area contributed by atoms with Crippen molar-refractivity contribution in [2.45, 2.75) is 12.8 Å². The number of anilines is 1. The minimum absolute atomic E-state index is 0.0493. The summed E-state index contributed by atoms with van der Waals surface area (Å²) in [6, 6.07) is 4.65.